The van der Waals surface area contributed by atoms with Crippen molar-refractivity contribution in [3.8, 4) is 0 Å². The second-order valence-electron chi connectivity index (χ2n) is 2.82. The number of nitrogens with two attached hydrogens (primary N) is 1. The molecule has 0 saturated carbocycles. The molecule has 0 bridgehead atoms. The van der Waals surface area contributed by atoms with Gasteiger partial charge in [0, 0.05) is 9.26 Å². The van der Waals surface area contributed by atoms with Crippen molar-refractivity contribution in [3.05, 3.63) is 27.8 Å². The highest BCUT2D eigenvalue weighted by Crippen LogP contribution is 2.11. The first-order valence-corrected chi connectivity index (χ1v) is 5.21. The molecule has 5 nitrogen and oxygen atoms in total. The summed E-state index contributed by atoms with van der Waals surface area (Å²) in [7, 11) is 0. The summed E-state index contributed by atoms with van der Waals surface area (Å²) in [5, 5.41) is 13.6. The molecular weight excluding hydrogens is 309 g/mol. The van der Waals surface area contributed by atoms with E-state index in [4.69, 9.17) is 10.9 Å². The number of nitrogens with one attached hydrogen (secondary N) is 1. The van der Waals surface area contributed by atoms with Gasteiger partial charge in [0.15, 0.2) is 0 Å². The van der Waals surface area contributed by atoms with Gasteiger partial charge in [0.2, 0.25) is 5.91 Å². The highest BCUT2D eigenvalue weighted by molar-refractivity contribution is 14.1. The fourth-order valence-corrected chi connectivity index (χ4v) is 1.30. The number of carbonyl (C=O) groups is 1. The predicted octanol–water partition coefficient (Wildman–Crippen LogP) is 1.37. The number of anilines is 1. The lowest BCUT2D eigenvalue weighted by Gasteiger charge is -2.03. The van der Waals surface area contributed by atoms with Gasteiger partial charge in [-0.3, -0.25) is 4.79 Å². The van der Waals surface area contributed by atoms with E-state index in [0.29, 0.717) is 5.69 Å². The summed E-state index contributed by atoms with van der Waals surface area (Å²) in [5.41, 5.74) is 5.88. The summed E-state index contributed by atoms with van der Waals surface area (Å²) in [6, 6.07) is 7.32. The number of amides is 1. The number of amidine groups is 1. The van der Waals surface area contributed by atoms with Crippen LogP contribution < -0.4 is 11.1 Å². The van der Waals surface area contributed by atoms with Gasteiger partial charge in [0.05, 0.1) is 6.42 Å². The van der Waals surface area contributed by atoms with Crippen LogP contribution in [0, 0.1) is 3.57 Å². The summed E-state index contributed by atoms with van der Waals surface area (Å²) >= 11 is 2.17. The third kappa shape index (κ3) is 4.15. The van der Waals surface area contributed by atoms with Crippen LogP contribution >= 0.6 is 22.6 Å². The quantitative estimate of drug-likeness (QED) is 0.258. The van der Waals surface area contributed by atoms with Crippen molar-refractivity contribution in [1.82, 2.24) is 0 Å². The molecule has 1 amide bonds. The van der Waals surface area contributed by atoms with Crippen LogP contribution in [0.2, 0.25) is 0 Å². The third-order valence-electron chi connectivity index (χ3n) is 1.60. The molecule has 0 atom stereocenters. The van der Waals surface area contributed by atoms with E-state index < -0.39 is 0 Å². The molecule has 1 aromatic carbocycles. The molecule has 15 heavy (non-hydrogen) atoms. The Morgan fingerprint density at radius 1 is 1.47 bits per heavy atom. The lowest BCUT2D eigenvalue weighted by molar-refractivity contribution is -0.115. The topological polar surface area (TPSA) is 87.7 Å². The van der Waals surface area contributed by atoms with Gasteiger partial charge in [0.1, 0.15) is 5.84 Å². The zero-order valence-corrected chi connectivity index (χ0v) is 9.93. The highest BCUT2D eigenvalue weighted by atomic mass is 127. The van der Waals surface area contributed by atoms with Crippen LogP contribution in [0.3, 0.4) is 0 Å². The summed E-state index contributed by atoms with van der Waals surface area (Å²) < 4.78 is 1.09. The molecule has 0 radical (unpaired) electrons. The van der Waals surface area contributed by atoms with Gasteiger partial charge in [0.25, 0.3) is 0 Å². The van der Waals surface area contributed by atoms with Gasteiger partial charge < -0.3 is 16.3 Å². The molecule has 0 aliphatic rings. The number of carbonyl (C=O) groups excluding carboxylic acids is 1. The van der Waals surface area contributed by atoms with Crippen LogP contribution in [0.15, 0.2) is 29.4 Å². The minimum atomic E-state index is -0.313. The molecule has 0 saturated heterocycles. The van der Waals surface area contributed by atoms with Gasteiger partial charge in [-0.25, -0.2) is 0 Å². The van der Waals surface area contributed by atoms with Crippen molar-refractivity contribution >= 4 is 40.0 Å². The van der Waals surface area contributed by atoms with E-state index in [9.17, 15) is 4.79 Å². The van der Waals surface area contributed by atoms with Gasteiger partial charge in [-0.2, -0.15) is 0 Å². The second-order valence-corrected chi connectivity index (χ2v) is 4.07. The molecule has 1 rings (SSSR count). The van der Waals surface area contributed by atoms with Crippen LogP contribution in [0.1, 0.15) is 6.42 Å². The number of oxime groups is 1. The zero-order valence-electron chi connectivity index (χ0n) is 7.77. The van der Waals surface area contributed by atoms with Crippen molar-refractivity contribution in [2.45, 2.75) is 6.42 Å². The lowest BCUT2D eigenvalue weighted by atomic mass is 10.3. The van der Waals surface area contributed by atoms with Crippen LogP contribution in [-0.4, -0.2) is 17.0 Å². The molecule has 80 valence electrons. The van der Waals surface area contributed by atoms with Crippen LogP contribution in [0.4, 0.5) is 5.69 Å². The number of hydrogen-bond donors (Lipinski definition) is 3. The van der Waals surface area contributed by atoms with E-state index >= 15 is 0 Å². The summed E-state index contributed by atoms with van der Waals surface area (Å²) in [4.78, 5) is 11.3. The molecule has 0 heterocycles. The number of rotatable bonds is 3. The maximum atomic E-state index is 11.3. The number of nitrogens with zero attached hydrogens (tertiary/aromatic N) is 1. The van der Waals surface area contributed by atoms with Crippen molar-refractivity contribution in [3.63, 3.8) is 0 Å². The van der Waals surface area contributed by atoms with Crippen molar-refractivity contribution < 1.29 is 10.0 Å². The fraction of sp³-hybridized carbons (Fsp3) is 0.111. The molecular formula is C9H10IN3O2. The lowest BCUT2D eigenvalue weighted by Crippen LogP contribution is -2.21. The average Bonchev–Trinajstić information content (AvgIpc) is 2.21. The van der Waals surface area contributed by atoms with Gasteiger partial charge in [-0.1, -0.05) is 5.16 Å². The summed E-state index contributed by atoms with van der Waals surface area (Å²) in [6.45, 7) is 0. The number of benzene rings is 1. The number of halogens is 1. The zero-order chi connectivity index (χ0) is 11.3. The van der Waals surface area contributed by atoms with E-state index in [0.717, 1.165) is 3.57 Å². The largest absolute Gasteiger partial charge is 0.409 e. The van der Waals surface area contributed by atoms with Gasteiger partial charge in [-0.05, 0) is 46.9 Å². The Morgan fingerprint density at radius 3 is 2.60 bits per heavy atom. The SMILES string of the molecule is N/C(CC(=O)Nc1ccc(I)cc1)=N\O. The van der Waals surface area contributed by atoms with E-state index in [1.807, 2.05) is 12.1 Å². The van der Waals surface area contributed by atoms with Crippen molar-refractivity contribution in [2.24, 2.45) is 10.9 Å². The van der Waals surface area contributed by atoms with E-state index in [-0.39, 0.29) is 18.2 Å². The van der Waals surface area contributed by atoms with E-state index in [1.54, 1.807) is 12.1 Å². The molecule has 0 aliphatic heterocycles. The minimum absolute atomic E-state index is 0.113. The van der Waals surface area contributed by atoms with Crippen molar-refractivity contribution in [2.75, 3.05) is 5.32 Å². The Kier molecular flexibility index (Phi) is 4.35. The average molecular weight is 319 g/mol. The van der Waals surface area contributed by atoms with E-state index in [2.05, 4.69) is 33.1 Å². The molecule has 6 heteroatoms. The molecule has 0 unspecified atom stereocenters. The smallest absolute Gasteiger partial charge is 0.232 e. The molecule has 1 aromatic rings. The van der Waals surface area contributed by atoms with E-state index in [1.165, 1.54) is 0 Å². The van der Waals surface area contributed by atoms with Gasteiger partial charge in [-0.15, -0.1) is 0 Å². The van der Waals surface area contributed by atoms with Crippen LogP contribution in [0.25, 0.3) is 0 Å². The molecule has 0 aromatic heterocycles. The Hall–Kier alpha value is -1.31. The maximum Gasteiger partial charge on any atom is 0.232 e. The first-order valence-electron chi connectivity index (χ1n) is 4.13. The second kappa shape index (κ2) is 5.54. The first-order chi connectivity index (χ1) is 7.11. The Labute approximate surface area is 100 Å². The maximum absolute atomic E-state index is 11.3. The van der Waals surface area contributed by atoms with Crippen LogP contribution in [0.5, 0.6) is 0 Å². The fourth-order valence-electron chi connectivity index (χ4n) is 0.938. The minimum Gasteiger partial charge on any atom is -0.409 e. The summed E-state index contributed by atoms with van der Waals surface area (Å²) in [5.74, 6) is -0.426. The normalized spacial score (nSPS) is 11.1. The Bertz CT molecular complexity index is 375. The van der Waals surface area contributed by atoms with Crippen LogP contribution in [-0.2, 0) is 4.79 Å². The van der Waals surface area contributed by atoms with Crippen molar-refractivity contribution in [1.29, 1.82) is 0 Å². The standard InChI is InChI=1S/C9H10IN3O2/c10-6-1-3-7(4-2-6)12-9(14)5-8(11)13-15/h1-4,15H,5H2,(H2,11,13)(H,12,14). The highest BCUT2D eigenvalue weighted by Gasteiger charge is 2.04. The Morgan fingerprint density at radius 2 is 2.07 bits per heavy atom. The Balaban J connectivity index is 2.55. The molecule has 0 spiro atoms. The predicted molar refractivity (Wildman–Crippen MR) is 65.8 cm³/mol. The number of hydrogen-bond acceptors (Lipinski definition) is 3. The third-order valence-corrected chi connectivity index (χ3v) is 2.32. The summed E-state index contributed by atoms with van der Waals surface area (Å²) in [6.07, 6.45) is -0.123. The molecule has 0 aliphatic carbocycles. The molecule has 4 N–H and O–H groups in total. The monoisotopic (exact) mass is 319 g/mol. The first kappa shape index (κ1) is 11.8. The molecule has 0 fully saturated rings. The van der Waals surface area contributed by atoms with Gasteiger partial charge >= 0.3 is 0 Å².